The fourth-order valence-corrected chi connectivity index (χ4v) is 2.89. The van der Waals surface area contributed by atoms with Crippen molar-refractivity contribution < 1.29 is 13.5 Å². The van der Waals surface area contributed by atoms with Crippen molar-refractivity contribution in [2.24, 2.45) is 0 Å². The maximum atomic E-state index is 13.3. The maximum absolute atomic E-state index is 13.3. The number of ether oxygens (including phenoxy) is 1. The summed E-state index contributed by atoms with van der Waals surface area (Å²) in [5.74, 6) is -0.272. The van der Waals surface area contributed by atoms with Gasteiger partial charge in [0.1, 0.15) is 17.4 Å². The molecular weight excluding hydrogens is 272 g/mol. The van der Waals surface area contributed by atoms with Crippen LogP contribution < -0.4 is 10.1 Å². The van der Waals surface area contributed by atoms with Gasteiger partial charge in [0.2, 0.25) is 0 Å². The molecular formula is C17H17F2NO. The van der Waals surface area contributed by atoms with E-state index in [1.165, 1.54) is 17.7 Å². The molecule has 3 rings (SSSR count). The number of hydrogen-bond donors (Lipinski definition) is 1. The number of nitrogens with one attached hydrogen (secondary N) is 1. The molecule has 1 aliphatic heterocycles. The van der Waals surface area contributed by atoms with Gasteiger partial charge in [0, 0.05) is 12.1 Å². The summed E-state index contributed by atoms with van der Waals surface area (Å²) in [6.07, 6.45) is 1.50. The van der Waals surface area contributed by atoms with Gasteiger partial charge in [-0.1, -0.05) is 6.07 Å². The highest BCUT2D eigenvalue weighted by atomic mass is 19.1. The molecule has 0 fully saturated rings. The van der Waals surface area contributed by atoms with Crippen LogP contribution in [0.3, 0.4) is 0 Å². The van der Waals surface area contributed by atoms with E-state index in [-0.39, 0.29) is 6.04 Å². The quantitative estimate of drug-likeness (QED) is 0.935. The van der Waals surface area contributed by atoms with Crippen LogP contribution in [0.5, 0.6) is 5.75 Å². The molecule has 2 nitrogen and oxygen atoms in total. The number of halogens is 2. The highest BCUT2D eigenvalue weighted by molar-refractivity contribution is 5.40. The van der Waals surface area contributed by atoms with E-state index in [2.05, 4.69) is 11.4 Å². The predicted molar refractivity (Wildman–Crippen MR) is 77.5 cm³/mol. The van der Waals surface area contributed by atoms with Gasteiger partial charge in [-0.15, -0.1) is 0 Å². The Labute approximate surface area is 122 Å². The van der Waals surface area contributed by atoms with Crippen LogP contribution >= 0.6 is 0 Å². The Hall–Kier alpha value is -1.94. The molecule has 1 aliphatic rings. The van der Waals surface area contributed by atoms with Gasteiger partial charge in [-0.05, 0) is 60.3 Å². The van der Waals surface area contributed by atoms with Crippen molar-refractivity contribution in [3.63, 3.8) is 0 Å². The summed E-state index contributed by atoms with van der Waals surface area (Å²) in [4.78, 5) is 0. The van der Waals surface area contributed by atoms with Crippen molar-refractivity contribution in [3.8, 4) is 5.75 Å². The van der Waals surface area contributed by atoms with E-state index in [1.807, 2.05) is 12.1 Å². The number of fused-ring (bicyclic) bond motifs is 1. The van der Waals surface area contributed by atoms with Crippen molar-refractivity contribution >= 4 is 0 Å². The zero-order chi connectivity index (χ0) is 14.8. The second-order valence-corrected chi connectivity index (χ2v) is 5.30. The Morgan fingerprint density at radius 2 is 1.90 bits per heavy atom. The summed E-state index contributed by atoms with van der Waals surface area (Å²) in [5, 5.41) is 3.41. The molecule has 1 unspecified atom stereocenters. The first kappa shape index (κ1) is 14.0. The monoisotopic (exact) mass is 289 g/mol. The molecule has 1 atom stereocenters. The number of benzene rings is 2. The summed E-state index contributed by atoms with van der Waals surface area (Å²) in [6, 6.07) is 9.73. The van der Waals surface area contributed by atoms with E-state index in [0.29, 0.717) is 12.0 Å². The van der Waals surface area contributed by atoms with Gasteiger partial charge in [-0.3, -0.25) is 0 Å². The van der Waals surface area contributed by atoms with Crippen molar-refractivity contribution in [1.82, 2.24) is 5.32 Å². The van der Waals surface area contributed by atoms with Crippen LogP contribution in [0.25, 0.3) is 0 Å². The molecule has 0 amide bonds. The minimum Gasteiger partial charge on any atom is -0.497 e. The summed E-state index contributed by atoms with van der Waals surface area (Å²) in [5.41, 5.74) is 3.06. The second-order valence-electron chi connectivity index (χ2n) is 5.30. The fraction of sp³-hybridized carbons (Fsp3) is 0.294. The molecule has 0 spiro atoms. The molecule has 1 N–H and O–H groups in total. The molecule has 110 valence electrons. The van der Waals surface area contributed by atoms with E-state index < -0.39 is 11.6 Å². The molecule has 21 heavy (non-hydrogen) atoms. The van der Waals surface area contributed by atoms with Crippen LogP contribution in [0.4, 0.5) is 8.78 Å². The lowest BCUT2D eigenvalue weighted by Crippen LogP contribution is -2.31. The zero-order valence-electron chi connectivity index (χ0n) is 11.8. The van der Waals surface area contributed by atoms with Crippen LogP contribution in [0.2, 0.25) is 0 Å². The normalized spacial score (nSPS) is 17.4. The predicted octanol–water partition coefficient (Wildman–Crippen LogP) is 3.40. The number of rotatable bonds is 3. The molecule has 0 aliphatic carbocycles. The smallest absolute Gasteiger partial charge is 0.126 e. The average molecular weight is 289 g/mol. The van der Waals surface area contributed by atoms with Crippen LogP contribution in [-0.4, -0.2) is 13.7 Å². The lowest BCUT2D eigenvalue weighted by Gasteiger charge is -2.27. The third-order valence-electron chi connectivity index (χ3n) is 3.88. The Bertz CT molecular complexity index is 637. The van der Waals surface area contributed by atoms with Gasteiger partial charge in [0.25, 0.3) is 0 Å². The summed E-state index contributed by atoms with van der Waals surface area (Å²) in [7, 11) is 1.63. The Morgan fingerprint density at radius 3 is 2.62 bits per heavy atom. The Morgan fingerprint density at radius 1 is 1.14 bits per heavy atom. The standard InChI is InChI=1S/C17H17F2NO/c1-21-15-3-2-12-4-5-20-17(16(12)10-15)8-11-6-13(18)9-14(19)7-11/h2-3,6-7,9-10,17,20H,4-5,8H2,1H3. The Balaban J connectivity index is 1.90. The minimum absolute atomic E-state index is 0.0463. The third-order valence-corrected chi connectivity index (χ3v) is 3.88. The molecule has 2 aromatic rings. The highest BCUT2D eigenvalue weighted by Gasteiger charge is 2.21. The van der Waals surface area contributed by atoms with Gasteiger partial charge in [0.05, 0.1) is 7.11 Å². The average Bonchev–Trinajstić information content (AvgIpc) is 2.46. The zero-order valence-corrected chi connectivity index (χ0v) is 11.8. The van der Waals surface area contributed by atoms with Crippen molar-refractivity contribution in [3.05, 3.63) is 64.7 Å². The topological polar surface area (TPSA) is 21.3 Å². The van der Waals surface area contributed by atoms with Gasteiger partial charge in [-0.2, -0.15) is 0 Å². The lowest BCUT2D eigenvalue weighted by molar-refractivity contribution is 0.411. The van der Waals surface area contributed by atoms with Gasteiger partial charge in [0.15, 0.2) is 0 Å². The Kier molecular flexibility index (Phi) is 3.88. The molecule has 0 radical (unpaired) electrons. The molecule has 0 aromatic heterocycles. The van der Waals surface area contributed by atoms with E-state index in [0.717, 1.165) is 30.3 Å². The molecule has 1 heterocycles. The highest BCUT2D eigenvalue weighted by Crippen LogP contribution is 2.29. The third kappa shape index (κ3) is 3.05. The number of hydrogen-bond acceptors (Lipinski definition) is 2. The summed E-state index contributed by atoms with van der Waals surface area (Å²) < 4.78 is 31.9. The van der Waals surface area contributed by atoms with Crippen molar-refractivity contribution in [2.75, 3.05) is 13.7 Å². The summed E-state index contributed by atoms with van der Waals surface area (Å²) >= 11 is 0. The van der Waals surface area contributed by atoms with Gasteiger partial charge in [-0.25, -0.2) is 8.78 Å². The number of methoxy groups -OCH3 is 1. The first-order chi connectivity index (χ1) is 10.2. The largest absolute Gasteiger partial charge is 0.497 e. The van der Waals surface area contributed by atoms with E-state index >= 15 is 0 Å². The SMILES string of the molecule is COc1ccc2c(c1)C(Cc1cc(F)cc(F)c1)NCC2. The fourth-order valence-electron chi connectivity index (χ4n) is 2.89. The van der Waals surface area contributed by atoms with Crippen LogP contribution in [-0.2, 0) is 12.8 Å². The maximum Gasteiger partial charge on any atom is 0.126 e. The molecule has 2 aromatic carbocycles. The van der Waals surface area contributed by atoms with E-state index in [1.54, 1.807) is 7.11 Å². The summed E-state index contributed by atoms with van der Waals surface area (Å²) in [6.45, 7) is 0.863. The lowest BCUT2D eigenvalue weighted by atomic mass is 9.90. The van der Waals surface area contributed by atoms with Crippen LogP contribution in [0, 0.1) is 11.6 Å². The molecule has 0 saturated heterocycles. The van der Waals surface area contributed by atoms with Gasteiger partial charge >= 0.3 is 0 Å². The van der Waals surface area contributed by atoms with E-state index in [9.17, 15) is 8.78 Å². The van der Waals surface area contributed by atoms with Crippen LogP contribution in [0.15, 0.2) is 36.4 Å². The molecule has 0 bridgehead atoms. The second kappa shape index (κ2) is 5.82. The first-order valence-electron chi connectivity index (χ1n) is 7.01. The van der Waals surface area contributed by atoms with Crippen molar-refractivity contribution in [2.45, 2.75) is 18.9 Å². The van der Waals surface area contributed by atoms with Crippen LogP contribution in [0.1, 0.15) is 22.7 Å². The molecule has 0 saturated carbocycles. The molecule has 4 heteroatoms. The van der Waals surface area contributed by atoms with Gasteiger partial charge < -0.3 is 10.1 Å². The first-order valence-corrected chi connectivity index (χ1v) is 7.01. The van der Waals surface area contributed by atoms with E-state index in [4.69, 9.17) is 4.74 Å². The van der Waals surface area contributed by atoms with Crippen molar-refractivity contribution in [1.29, 1.82) is 0 Å². The minimum atomic E-state index is -0.535.